The van der Waals surface area contributed by atoms with E-state index in [4.69, 9.17) is 10.5 Å². The molecule has 0 fully saturated rings. The Kier molecular flexibility index (Phi) is 4.42. The average Bonchev–Trinajstić information content (AvgIpc) is 2.51. The maximum absolute atomic E-state index is 13.4. The zero-order valence-electron chi connectivity index (χ0n) is 10.6. The van der Waals surface area contributed by atoms with Crippen molar-refractivity contribution in [3.8, 4) is 5.75 Å². The van der Waals surface area contributed by atoms with Crippen molar-refractivity contribution in [3.05, 3.63) is 64.5 Å². The summed E-state index contributed by atoms with van der Waals surface area (Å²) in [5, 5.41) is 0. The van der Waals surface area contributed by atoms with E-state index in [0.717, 1.165) is 0 Å². The molecule has 2 nitrogen and oxygen atoms in total. The van der Waals surface area contributed by atoms with Gasteiger partial charge in [-0.05, 0) is 11.1 Å². The van der Waals surface area contributed by atoms with Crippen LogP contribution in [-0.2, 0) is 13.2 Å². The van der Waals surface area contributed by atoms with E-state index in [1.54, 1.807) is 24.3 Å². The molecule has 0 amide bonds. The van der Waals surface area contributed by atoms with Gasteiger partial charge < -0.3 is 10.5 Å². The fourth-order valence-electron chi connectivity index (χ4n) is 1.76. The van der Waals surface area contributed by atoms with E-state index in [0.29, 0.717) is 11.1 Å². The fraction of sp³-hybridized carbons (Fsp3) is 0.143. The van der Waals surface area contributed by atoms with Gasteiger partial charge in [0.2, 0.25) is 29.1 Å². The van der Waals surface area contributed by atoms with Gasteiger partial charge in [0.25, 0.3) is 0 Å². The first-order valence-electron chi connectivity index (χ1n) is 5.88. The summed E-state index contributed by atoms with van der Waals surface area (Å²) in [6.45, 7) is -0.220. The maximum Gasteiger partial charge on any atom is 0.207 e. The third-order valence-electron chi connectivity index (χ3n) is 2.88. The Morgan fingerprint density at radius 1 is 0.762 bits per heavy atom. The highest BCUT2D eigenvalue weighted by Gasteiger charge is 2.27. The highest BCUT2D eigenvalue weighted by atomic mass is 19.2. The molecular formula is C14H10F5NO. The number of ether oxygens (including phenoxy) is 1. The van der Waals surface area contributed by atoms with Gasteiger partial charge in [-0.3, -0.25) is 0 Å². The van der Waals surface area contributed by atoms with Crippen molar-refractivity contribution in [2.24, 2.45) is 5.73 Å². The molecule has 21 heavy (non-hydrogen) atoms. The van der Waals surface area contributed by atoms with Gasteiger partial charge >= 0.3 is 0 Å². The topological polar surface area (TPSA) is 35.2 Å². The predicted molar refractivity (Wildman–Crippen MR) is 64.9 cm³/mol. The summed E-state index contributed by atoms with van der Waals surface area (Å²) in [6.07, 6.45) is 0. The average molecular weight is 303 g/mol. The molecule has 2 aromatic rings. The second kappa shape index (κ2) is 6.09. The van der Waals surface area contributed by atoms with E-state index in [9.17, 15) is 22.0 Å². The first-order chi connectivity index (χ1) is 9.97. The first-order valence-corrected chi connectivity index (χ1v) is 5.88. The van der Waals surface area contributed by atoms with E-state index in [1.807, 2.05) is 0 Å². The highest BCUT2D eigenvalue weighted by molar-refractivity contribution is 5.31. The minimum Gasteiger partial charge on any atom is -0.483 e. The lowest BCUT2D eigenvalue weighted by Crippen LogP contribution is -2.09. The predicted octanol–water partition coefficient (Wildman–Crippen LogP) is 3.42. The third kappa shape index (κ3) is 2.82. The summed E-state index contributed by atoms with van der Waals surface area (Å²) in [4.78, 5) is 0. The minimum atomic E-state index is -2.22. The molecule has 0 aliphatic heterocycles. The molecule has 0 unspecified atom stereocenters. The summed E-state index contributed by atoms with van der Waals surface area (Å²) in [5.41, 5.74) is 6.60. The Labute approximate surface area is 116 Å². The molecule has 0 radical (unpaired) electrons. The lowest BCUT2D eigenvalue weighted by molar-refractivity contribution is 0.252. The monoisotopic (exact) mass is 303 g/mol. The van der Waals surface area contributed by atoms with Crippen molar-refractivity contribution < 1.29 is 26.7 Å². The molecule has 0 aromatic heterocycles. The Bertz CT molecular complexity index is 646. The van der Waals surface area contributed by atoms with E-state index in [-0.39, 0.29) is 13.2 Å². The molecule has 0 saturated carbocycles. The van der Waals surface area contributed by atoms with Crippen LogP contribution >= 0.6 is 0 Å². The van der Waals surface area contributed by atoms with Crippen LogP contribution in [0.2, 0.25) is 0 Å². The van der Waals surface area contributed by atoms with Gasteiger partial charge in [0.1, 0.15) is 6.61 Å². The molecule has 2 aromatic carbocycles. The minimum absolute atomic E-state index is 0.149. The standard InChI is InChI=1S/C14H10F5NO/c15-9-10(16)12(18)14(13(19)11(9)17)21-6-8-4-2-1-3-7(8)5-20/h1-4H,5-6,20H2. The SMILES string of the molecule is NCc1ccccc1COc1c(F)c(F)c(F)c(F)c1F. The lowest BCUT2D eigenvalue weighted by Gasteiger charge is -2.12. The van der Waals surface area contributed by atoms with E-state index < -0.39 is 34.8 Å². The second-order valence-corrected chi connectivity index (χ2v) is 4.16. The van der Waals surface area contributed by atoms with Gasteiger partial charge in [0.15, 0.2) is 5.75 Å². The van der Waals surface area contributed by atoms with Crippen LogP contribution < -0.4 is 10.5 Å². The Hall–Kier alpha value is -2.15. The summed E-state index contributed by atoms with van der Waals surface area (Å²) in [6, 6.07) is 6.58. The summed E-state index contributed by atoms with van der Waals surface area (Å²) in [5.74, 6) is -11.6. The summed E-state index contributed by atoms with van der Waals surface area (Å²) in [7, 11) is 0. The van der Waals surface area contributed by atoms with Gasteiger partial charge in [0.05, 0.1) is 0 Å². The number of nitrogens with two attached hydrogens (primary N) is 1. The van der Waals surface area contributed by atoms with Gasteiger partial charge in [-0.15, -0.1) is 0 Å². The number of hydrogen-bond donors (Lipinski definition) is 1. The van der Waals surface area contributed by atoms with Crippen LogP contribution in [-0.4, -0.2) is 0 Å². The molecule has 7 heteroatoms. The number of halogens is 5. The van der Waals surface area contributed by atoms with Crippen LogP contribution in [0.15, 0.2) is 24.3 Å². The molecule has 2 rings (SSSR count). The molecule has 0 aliphatic carbocycles. The maximum atomic E-state index is 13.4. The quantitative estimate of drug-likeness (QED) is 0.533. The Morgan fingerprint density at radius 2 is 1.24 bits per heavy atom. The Morgan fingerprint density at radius 3 is 1.76 bits per heavy atom. The van der Waals surface area contributed by atoms with Crippen molar-refractivity contribution in [1.29, 1.82) is 0 Å². The van der Waals surface area contributed by atoms with Gasteiger partial charge in [-0.2, -0.15) is 8.78 Å². The fourth-order valence-corrected chi connectivity index (χ4v) is 1.76. The molecule has 0 atom stereocenters. The molecule has 0 bridgehead atoms. The van der Waals surface area contributed by atoms with Crippen LogP contribution in [0.4, 0.5) is 22.0 Å². The molecule has 0 aliphatic rings. The van der Waals surface area contributed by atoms with Crippen molar-refractivity contribution in [2.75, 3.05) is 0 Å². The molecule has 0 saturated heterocycles. The van der Waals surface area contributed by atoms with Crippen LogP contribution in [0.1, 0.15) is 11.1 Å². The van der Waals surface area contributed by atoms with Gasteiger partial charge in [-0.1, -0.05) is 24.3 Å². The number of rotatable bonds is 4. The molecular weight excluding hydrogens is 293 g/mol. The van der Waals surface area contributed by atoms with Crippen molar-refractivity contribution in [3.63, 3.8) is 0 Å². The Balaban J connectivity index is 2.33. The summed E-state index contributed by atoms with van der Waals surface area (Å²) >= 11 is 0. The van der Waals surface area contributed by atoms with Crippen LogP contribution in [0.5, 0.6) is 5.75 Å². The molecule has 0 heterocycles. The zero-order chi connectivity index (χ0) is 15.6. The smallest absolute Gasteiger partial charge is 0.207 e. The van der Waals surface area contributed by atoms with Crippen molar-refractivity contribution in [1.82, 2.24) is 0 Å². The van der Waals surface area contributed by atoms with Crippen molar-refractivity contribution >= 4 is 0 Å². The normalized spacial score (nSPS) is 10.8. The third-order valence-corrected chi connectivity index (χ3v) is 2.88. The highest BCUT2D eigenvalue weighted by Crippen LogP contribution is 2.29. The number of hydrogen-bond acceptors (Lipinski definition) is 2. The van der Waals surface area contributed by atoms with Crippen LogP contribution in [0, 0.1) is 29.1 Å². The summed E-state index contributed by atoms with van der Waals surface area (Å²) < 4.78 is 70.5. The van der Waals surface area contributed by atoms with E-state index in [1.165, 1.54) is 0 Å². The molecule has 0 spiro atoms. The lowest BCUT2D eigenvalue weighted by atomic mass is 10.1. The first kappa shape index (κ1) is 15.2. The van der Waals surface area contributed by atoms with Crippen molar-refractivity contribution in [2.45, 2.75) is 13.2 Å². The van der Waals surface area contributed by atoms with Gasteiger partial charge in [-0.25, -0.2) is 13.2 Å². The zero-order valence-corrected chi connectivity index (χ0v) is 10.6. The van der Waals surface area contributed by atoms with Crippen LogP contribution in [0.3, 0.4) is 0 Å². The molecule has 112 valence electrons. The van der Waals surface area contributed by atoms with E-state index in [2.05, 4.69) is 0 Å². The molecule has 2 N–H and O–H groups in total. The second-order valence-electron chi connectivity index (χ2n) is 4.16. The van der Waals surface area contributed by atoms with E-state index >= 15 is 0 Å². The largest absolute Gasteiger partial charge is 0.483 e. The van der Waals surface area contributed by atoms with Gasteiger partial charge in [0, 0.05) is 6.54 Å². The van der Waals surface area contributed by atoms with Crippen LogP contribution in [0.25, 0.3) is 0 Å². The number of benzene rings is 2.